The van der Waals surface area contributed by atoms with E-state index in [9.17, 15) is 4.79 Å². The number of fused-ring (bicyclic) bond motifs is 3. The van der Waals surface area contributed by atoms with E-state index in [1.807, 2.05) is 18.2 Å². The zero-order valence-electron chi connectivity index (χ0n) is 12.6. The van der Waals surface area contributed by atoms with Crippen LogP contribution in [0.15, 0.2) is 18.2 Å². The van der Waals surface area contributed by atoms with Crippen LogP contribution >= 0.6 is 0 Å². The molecule has 0 saturated carbocycles. The highest BCUT2D eigenvalue weighted by atomic mass is 16.3. The molecule has 0 saturated heterocycles. The van der Waals surface area contributed by atoms with E-state index in [1.165, 1.54) is 23.1 Å². The number of aliphatic hydroxyl groups is 1. The zero-order chi connectivity index (χ0) is 15.0. The first-order valence-electron chi connectivity index (χ1n) is 7.60. The van der Waals surface area contributed by atoms with Gasteiger partial charge in [-0.3, -0.25) is 4.79 Å². The lowest BCUT2D eigenvalue weighted by molar-refractivity contribution is 0.0767. The van der Waals surface area contributed by atoms with Crippen molar-refractivity contribution < 1.29 is 9.90 Å². The third-order valence-electron chi connectivity index (χ3n) is 4.46. The van der Waals surface area contributed by atoms with Gasteiger partial charge in [0.25, 0.3) is 5.91 Å². The summed E-state index contributed by atoms with van der Waals surface area (Å²) in [7, 11) is 1.72. The van der Waals surface area contributed by atoms with Crippen LogP contribution in [0.3, 0.4) is 0 Å². The Morgan fingerprint density at radius 2 is 2.29 bits per heavy atom. The molecule has 1 aliphatic rings. The van der Waals surface area contributed by atoms with Crippen LogP contribution in [-0.2, 0) is 12.8 Å². The average molecular weight is 286 g/mol. The number of hydrogen-bond donors (Lipinski definition) is 2. The monoisotopic (exact) mass is 286 g/mol. The number of hydrogen-bond acceptors (Lipinski definition) is 2. The van der Waals surface area contributed by atoms with Crippen molar-refractivity contribution in [2.45, 2.75) is 26.2 Å². The van der Waals surface area contributed by atoms with Crippen LogP contribution in [-0.4, -0.2) is 41.1 Å². The lowest BCUT2D eigenvalue weighted by atomic mass is 9.87. The molecular formula is C17H22N2O2. The third kappa shape index (κ3) is 2.56. The van der Waals surface area contributed by atoms with Gasteiger partial charge in [-0.2, -0.15) is 0 Å². The van der Waals surface area contributed by atoms with Gasteiger partial charge in [-0.1, -0.05) is 6.92 Å². The standard InChI is InChI=1S/C17H22N2O2/c1-11-3-5-15-13(9-11)14-10-12(4-6-16(14)18-15)17(21)19(2)7-8-20/h4,6,10-11,18,20H,3,5,7-9H2,1-2H3/t11-/m1/s1. The molecule has 0 spiro atoms. The summed E-state index contributed by atoms with van der Waals surface area (Å²) in [4.78, 5) is 17.4. The quantitative estimate of drug-likeness (QED) is 0.910. The van der Waals surface area contributed by atoms with E-state index in [-0.39, 0.29) is 12.5 Å². The van der Waals surface area contributed by atoms with Crippen molar-refractivity contribution in [1.29, 1.82) is 0 Å². The number of rotatable bonds is 3. The van der Waals surface area contributed by atoms with Crippen LogP contribution in [0.5, 0.6) is 0 Å². The van der Waals surface area contributed by atoms with Crippen molar-refractivity contribution in [1.82, 2.24) is 9.88 Å². The fourth-order valence-corrected chi connectivity index (χ4v) is 3.20. The highest BCUT2D eigenvalue weighted by Crippen LogP contribution is 2.32. The van der Waals surface area contributed by atoms with Gasteiger partial charge >= 0.3 is 0 Å². The SMILES string of the molecule is C[C@@H]1CCc2[nH]c3ccc(C(=O)N(C)CCO)cc3c2C1. The topological polar surface area (TPSA) is 56.3 Å². The van der Waals surface area contributed by atoms with Gasteiger partial charge in [0, 0.05) is 35.8 Å². The Balaban J connectivity index is 2.00. The summed E-state index contributed by atoms with van der Waals surface area (Å²) in [5.41, 5.74) is 4.52. The third-order valence-corrected chi connectivity index (χ3v) is 4.46. The maximum atomic E-state index is 12.3. The number of carbonyl (C=O) groups excluding carboxylic acids is 1. The van der Waals surface area contributed by atoms with Crippen molar-refractivity contribution in [2.75, 3.05) is 20.2 Å². The number of aliphatic hydroxyl groups excluding tert-OH is 1. The van der Waals surface area contributed by atoms with E-state index < -0.39 is 0 Å². The second-order valence-electron chi connectivity index (χ2n) is 6.14. The summed E-state index contributed by atoms with van der Waals surface area (Å²) in [5.74, 6) is 0.665. The molecule has 2 N–H and O–H groups in total. The lowest BCUT2D eigenvalue weighted by Gasteiger charge is -2.18. The van der Waals surface area contributed by atoms with E-state index in [0.29, 0.717) is 18.0 Å². The molecule has 112 valence electrons. The summed E-state index contributed by atoms with van der Waals surface area (Å²) in [6.45, 7) is 2.63. The van der Waals surface area contributed by atoms with Crippen LogP contribution in [0, 0.1) is 5.92 Å². The number of likely N-dealkylation sites (N-methyl/N-ethyl adjacent to an activating group) is 1. The molecular weight excluding hydrogens is 264 g/mol. The van der Waals surface area contributed by atoms with E-state index in [1.54, 1.807) is 11.9 Å². The molecule has 1 aromatic heterocycles. The van der Waals surface area contributed by atoms with E-state index >= 15 is 0 Å². The summed E-state index contributed by atoms with van der Waals surface area (Å²) in [5, 5.41) is 10.1. The van der Waals surface area contributed by atoms with E-state index in [4.69, 9.17) is 5.11 Å². The number of aryl methyl sites for hydroxylation is 1. The number of nitrogens with zero attached hydrogens (tertiary/aromatic N) is 1. The van der Waals surface area contributed by atoms with Crippen LogP contribution in [0.25, 0.3) is 10.9 Å². The van der Waals surface area contributed by atoms with Crippen LogP contribution < -0.4 is 0 Å². The number of H-pyrrole nitrogens is 1. The normalized spacial score (nSPS) is 17.8. The molecule has 3 rings (SSSR count). The summed E-state index contributed by atoms with van der Waals surface area (Å²) in [6.07, 6.45) is 3.41. The van der Waals surface area contributed by atoms with Gasteiger partial charge in [-0.05, 0) is 48.9 Å². The molecule has 4 nitrogen and oxygen atoms in total. The fraction of sp³-hybridized carbons (Fsp3) is 0.471. The maximum Gasteiger partial charge on any atom is 0.253 e. The van der Waals surface area contributed by atoms with Gasteiger partial charge in [-0.15, -0.1) is 0 Å². The first kappa shape index (κ1) is 14.1. The predicted octanol–water partition coefficient (Wildman–Crippen LogP) is 2.36. The fourth-order valence-electron chi connectivity index (χ4n) is 3.20. The largest absolute Gasteiger partial charge is 0.395 e. The number of aromatic amines is 1. The van der Waals surface area contributed by atoms with Gasteiger partial charge in [0.2, 0.25) is 0 Å². The molecule has 1 aromatic carbocycles. The Bertz CT molecular complexity index is 675. The molecule has 1 amide bonds. The van der Waals surface area contributed by atoms with E-state index in [0.717, 1.165) is 18.4 Å². The minimum Gasteiger partial charge on any atom is -0.395 e. The number of aromatic nitrogens is 1. The smallest absolute Gasteiger partial charge is 0.253 e. The predicted molar refractivity (Wildman–Crippen MR) is 83.5 cm³/mol. The molecule has 0 bridgehead atoms. The lowest BCUT2D eigenvalue weighted by Crippen LogP contribution is -2.29. The maximum absolute atomic E-state index is 12.3. The number of amides is 1. The molecule has 0 radical (unpaired) electrons. The van der Waals surface area contributed by atoms with Crippen molar-refractivity contribution >= 4 is 16.8 Å². The number of nitrogens with one attached hydrogen (secondary N) is 1. The summed E-state index contributed by atoms with van der Waals surface area (Å²) >= 11 is 0. The molecule has 4 heteroatoms. The zero-order valence-corrected chi connectivity index (χ0v) is 12.6. The van der Waals surface area contributed by atoms with Gasteiger partial charge in [0.15, 0.2) is 0 Å². The Kier molecular flexibility index (Phi) is 3.72. The molecule has 1 aliphatic carbocycles. The molecule has 21 heavy (non-hydrogen) atoms. The first-order chi connectivity index (χ1) is 10.1. The Morgan fingerprint density at radius 1 is 1.48 bits per heavy atom. The number of benzene rings is 1. The molecule has 0 fully saturated rings. The van der Waals surface area contributed by atoms with E-state index in [2.05, 4.69) is 11.9 Å². The second-order valence-corrected chi connectivity index (χ2v) is 6.14. The minimum absolute atomic E-state index is 0.0123. The molecule has 0 unspecified atom stereocenters. The summed E-state index contributed by atoms with van der Waals surface area (Å²) < 4.78 is 0. The highest BCUT2D eigenvalue weighted by molar-refractivity contribution is 5.99. The highest BCUT2D eigenvalue weighted by Gasteiger charge is 2.21. The Hall–Kier alpha value is -1.81. The van der Waals surface area contributed by atoms with Crippen LogP contribution in [0.4, 0.5) is 0 Å². The summed E-state index contributed by atoms with van der Waals surface area (Å²) in [6, 6.07) is 5.86. The molecule has 0 aliphatic heterocycles. The first-order valence-corrected chi connectivity index (χ1v) is 7.60. The Morgan fingerprint density at radius 3 is 3.05 bits per heavy atom. The average Bonchev–Trinajstić information content (AvgIpc) is 2.84. The molecule has 1 atom stereocenters. The van der Waals surface area contributed by atoms with Crippen molar-refractivity contribution in [3.05, 3.63) is 35.0 Å². The van der Waals surface area contributed by atoms with Gasteiger partial charge in [-0.25, -0.2) is 0 Å². The van der Waals surface area contributed by atoms with Gasteiger partial charge < -0.3 is 15.0 Å². The van der Waals surface area contributed by atoms with Crippen molar-refractivity contribution in [3.63, 3.8) is 0 Å². The Labute approximate surface area is 124 Å². The van der Waals surface area contributed by atoms with Crippen LogP contribution in [0.2, 0.25) is 0 Å². The van der Waals surface area contributed by atoms with Crippen molar-refractivity contribution in [2.24, 2.45) is 5.92 Å². The van der Waals surface area contributed by atoms with Crippen molar-refractivity contribution in [3.8, 4) is 0 Å². The minimum atomic E-state index is -0.0373. The number of carbonyl (C=O) groups is 1. The molecule has 1 heterocycles. The van der Waals surface area contributed by atoms with Gasteiger partial charge in [0.1, 0.15) is 0 Å². The molecule has 2 aromatic rings. The van der Waals surface area contributed by atoms with Gasteiger partial charge in [0.05, 0.1) is 6.61 Å². The van der Waals surface area contributed by atoms with Crippen LogP contribution in [0.1, 0.15) is 35.0 Å². The second kappa shape index (κ2) is 5.53.